The fourth-order valence-electron chi connectivity index (χ4n) is 4.14. The van der Waals surface area contributed by atoms with Gasteiger partial charge in [0.25, 0.3) is 0 Å². The van der Waals surface area contributed by atoms with Gasteiger partial charge in [-0.3, -0.25) is 10.1 Å². The summed E-state index contributed by atoms with van der Waals surface area (Å²) in [5, 5.41) is 5.08. The number of hydrogen-bond acceptors (Lipinski definition) is 7. The third-order valence-electron chi connectivity index (χ3n) is 6.77. The van der Waals surface area contributed by atoms with Crippen LogP contribution >= 0.6 is 0 Å². The Labute approximate surface area is 248 Å². The number of Topliss-reactive ketones (excluding diaryl/α,β-unsaturated/α-hetero) is 1. The van der Waals surface area contributed by atoms with E-state index >= 15 is 0 Å². The fourth-order valence-corrected chi connectivity index (χ4v) is 4.14. The average Bonchev–Trinajstić information content (AvgIpc) is 3.02. The SMILES string of the molecule is CCC(=CC(NC(=O)OC(C(=O)/C(=C\C(CC)CC)NC(=O)OCc1ccccc1)c1ccccc1)C(=O)OC)CC. The predicted molar refractivity (Wildman–Crippen MR) is 160 cm³/mol. The van der Waals surface area contributed by atoms with Crippen LogP contribution in [0, 0.1) is 5.92 Å². The van der Waals surface area contributed by atoms with E-state index in [1.54, 1.807) is 42.5 Å². The van der Waals surface area contributed by atoms with E-state index in [1.165, 1.54) is 7.11 Å². The summed E-state index contributed by atoms with van der Waals surface area (Å²) in [6, 6.07) is 16.5. The number of carbonyl (C=O) groups is 4. The summed E-state index contributed by atoms with van der Waals surface area (Å²) in [6.07, 6.45) is 2.86. The number of rotatable bonds is 15. The molecular weight excluding hydrogens is 536 g/mol. The van der Waals surface area contributed by atoms with Crippen LogP contribution in [0.2, 0.25) is 0 Å². The molecule has 2 aromatic carbocycles. The maximum Gasteiger partial charge on any atom is 0.412 e. The Morgan fingerprint density at radius 2 is 1.40 bits per heavy atom. The highest BCUT2D eigenvalue weighted by Gasteiger charge is 2.31. The molecule has 2 aromatic rings. The van der Waals surface area contributed by atoms with E-state index < -0.39 is 36.1 Å². The number of ketones is 1. The molecule has 0 aliphatic heterocycles. The highest BCUT2D eigenvalue weighted by atomic mass is 16.6. The second-order valence-electron chi connectivity index (χ2n) is 9.58. The lowest BCUT2D eigenvalue weighted by Gasteiger charge is -2.22. The van der Waals surface area contributed by atoms with Crippen LogP contribution in [0.4, 0.5) is 9.59 Å². The van der Waals surface area contributed by atoms with Gasteiger partial charge in [-0.2, -0.15) is 0 Å². The summed E-state index contributed by atoms with van der Waals surface area (Å²) in [5.74, 6) is -1.35. The van der Waals surface area contributed by atoms with Crippen LogP contribution in [0.3, 0.4) is 0 Å². The zero-order chi connectivity index (χ0) is 30.9. The number of benzene rings is 2. The van der Waals surface area contributed by atoms with Crippen molar-refractivity contribution < 1.29 is 33.4 Å². The van der Waals surface area contributed by atoms with Crippen LogP contribution < -0.4 is 10.6 Å². The van der Waals surface area contributed by atoms with Gasteiger partial charge in [0.1, 0.15) is 12.6 Å². The first-order valence-corrected chi connectivity index (χ1v) is 14.3. The number of esters is 1. The first-order valence-electron chi connectivity index (χ1n) is 14.3. The fraction of sp³-hybridized carbons (Fsp3) is 0.394. The monoisotopic (exact) mass is 578 g/mol. The molecule has 0 fully saturated rings. The zero-order valence-electron chi connectivity index (χ0n) is 25.1. The van der Waals surface area contributed by atoms with Gasteiger partial charge in [-0.05, 0) is 37.2 Å². The van der Waals surface area contributed by atoms with E-state index in [4.69, 9.17) is 14.2 Å². The van der Waals surface area contributed by atoms with Gasteiger partial charge in [0.15, 0.2) is 6.10 Å². The summed E-state index contributed by atoms with van der Waals surface area (Å²) in [4.78, 5) is 52.3. The van der Waals surface area contributed by atoms with Gasteiger partial charge < -0.3 is 19.5 Å². The molecule has 2 N–H and O–H groups in total. The Morgan fingerprint density at radius 3 is 1.95 bits per heavy atom. The van der Waals surface area contributed by atoms with Crippen LogP contribution in [-0.2, 0) is 30.4 Å². The molecule has 0 bridgehead atoms. The molecule has 0 radical (unpaired) electrons. The summed E-state index contributed by atoms with van der Waals surface area (Å²) in [7, 11) is 1.22. The molecule has 0 spiro atoms. The summed E-state index contributed by atoms with van der Waals surface area (Å²) in [5.41, 5.74) is 2.07. The average molecular weight is 579 g/mol. The predicted octanol–water partition coefficient (Wildman–Crippen LogP) is 6.56. The molecule has 2 amide bonds. The Bertz CT molecular complexity index is 1220. The van der Waals surface area contributed by atoms with Crippen molar-refractivity contribution in [2.45, 2.75) is 72.1 Å². The number of nitrogens with one attached hydrogen (secondary N) is 2. The molecule has 42 heavy (non-hydrogen) atoms. The van der Waals surface area contributed by atoms with Crippen molar-refractivity contribution in [2.24, 2.45) is 5.92 Å². The van der Waals surface area contributed by atoms with Crippen molar-refractivity contribution >= 4 is 23.9 Å². The minimum Gasteiger partial charge on any atom is -0.467 e. The Morgan fingerprint density at radius 1 is 0.810 bits per heavy atom. The Hall–Kier alpha value is -4.40. The molecule has 0 aliphatic rings. The molecule has 226 valence electrons. The van der Waals surface area contributed by atoms with E-state index in [0.717, 1.165) is 24.0 Å². The van der Waals surface area contributed by atoms with E-state index in [2.05, 4.69) is 10.6 Å². The molecule has 9 heteroatoms. The van der Waals surface area contributed by atoms with E-state index in [9.17, 15) is 19.2 Å². The number of methoxy groups -OCH3 is 1. The highest BCUT2D eigenvalue weighted by Crippen LogP contribution is 2.24. The van der Waals surface area contributed by atoms with Crippen LogP contribution in [0.15, 0.2) is 84.1 Å². The molecule has 0 saturated heterocycles. The van der Waals surface area contributed by atoms with Crippen LogP contribution in [0.5, 0.6) is 0 Å². The van der Waals surface area contributed by atoms with Crippen molar-refractivity contribution in [2.75, 3.05) is 7.11 Å². The largest absolute Gasteiger partial charge is 0.467 e. The van der Waals surface area contributed by atoms with Gasteiger partial charge >= 0.3 is 18.2 Å². The van der Waals surface area contributed by atoms with Crippen LogP contribution in [0.25, 0.3) is 0 Å². The molecule has 0 aliphatic carbocycles. The van der Waals surface area contributed by atoms with E-state index in [0.29, 0.717) is 18.4 Å². The lowest BCUT2D eigenvalue weighted by atomic mass is 9.97. The van der Waals surface area contributed by atoms with E-state index in [-0.39, 0.29) is 18.2 Å². The summed E-state index contributed by atoms with van der Waals surface area (Å²) >= 11 is 0. The molecule has 2 rings (SSSR count). The van der Waals surface area contributed by atoms with Crippen molar-refractivity contribution in [1.29, 1.82) is 0 Å². The Kier molecular flexibility index (Phi) is 14.6. The van der Waals surface area contributed by atoms with Crippen molar-refractivity contribution in [3.8, 4) is 0 Å². The molecule has 0 saturated carbocycles. The van der Waals surface area contributed by atoms with Crippen molar-refractivity contribution in [1.82, 2.24) is 10.6 Å². The topological polar surface area (TPSA) is 120 Å². The van der Waals surface area contributed by atoms with Gasteiger partial charge in [0, 0.05) is 5.56 Å². The lowest BCUT2D eigenvalue weighted by Crippen LogP contribution is -2.42. The lowest BCUT2D eigenvalue weighted by molar-refractivity contribution is -0.141. The van der Waals surface area contributed by atoms with Gasteiger partial charge in [0.2, 0.25) is 5.78 Å². The van der Waals surface area contributed by atoms with Gasteiger partial charge in [0.05, 0.1) is 12.8 Å². The van der Waals surface area contributed by atoms with Gasteiger partial charge in [-0.25, -0.2) is 14.4 Å². The second kappa shape index (κ2) is 18.1. The number of hydrogen-bond donors (Lipinski definition) is 2. The molecule has 0 heterocycles. The van der Waals surface area contributed by atoms with Crippen molar-refractivity contribution in [3.63, 3.8) is 0 Å². The number of allylic oxidation sites excluding steroid dienone is 2. The molecular formula is C33H42N2O7. The quantitative estimate of drug-likeness (QED) is 0.106. The molecule has 2 atom stereocenters. The highest BCUT2D eigenvalue weighted by molar-refractivity contribution is 6.02. The number of amides is 2. The summed E-state index contributed by atoms with van der Waals surface area (Å²) in [6.45, 7) is 7.84. The second-order valence-corrected chi connectivity index (χ2v) is 9.58. The van der Waals surface area contributed by atoms with E-state index in [1.807, 2.05) is 58.0 Å². The first-order chi connectivity index (χ1) is 20.3. The zero-order valence-corrected chi connectivity index (χ0v) is 25.1. The first kappa shape index (κ1) is 33.8. The number of alkyl carbamates (subject to hydrolysis) is 2. The molecule has 9 nitrogen and oxygen atoms in total. The minimum atomic E-state index is -1.42. The maximum absolute atomic E-state index is 14.0. The number of ether oxygens (including phenoxy) is 3. The van der Waals surface area contributed by atoms with Gasteiger partial charge in [-0.15, -0.1) is 0 Å². The van der Waals surface area contributed by atoms with Crippen LogP contribution in [-0.4, -0.2) is 37.1 Å². The standard InChI is InChI=1S/C33H42N2O7/c1-6-23(7-2)20-27(34-32(38)41-22-25-16-12-10-13-17-25)29(36)30(26-18-14-11-15-19-26)42-33(39)35-28(31(37)40-5)21-24(8-3)9-4/h10-21,23,28,30H,6-9,22H2,1-5H3,(H,34,38)(H,35,39)/b27-20+. The normalized spacial score (nSPS) is 12.5. The third-order valence-corrected chi connectivity index (χ3v) is 6.77. The summed E-state index contributed by atoms with van der Waals surface area (Å²) < 4.78 is 15.9. The molecule has 2 unspecified atom stereocenters. The Balaban J connectivity index is 2.36. The molecule has 0 aromatic heterocycles. The minimum absolute atomic E-state index is 0.0140. The third kappa shape index (κ3) is 10.9. The number of carbonyl (C=O) groups excluding carboxylic acids is 4. The maximum atomic E-state index is 14.0. The van der Waals surface area contributed by atoms with Crippen molar-refractivity contribution in [3.05, 3.63) is 95.2 Å². The van der Waals surface area contributed by atoms with Gasteiger partial charge in [-0.1, -0.05) is 106 Å². The van der Waals surface area contributed by atoms with Crippen LogP contribution in [0.1, 0.15) is 70.6 Å². The smallest absolute Gasteiger partial charge is 0.412 e.